The van der Waals surface area contributed by atoms with Crippen LogP contribution in [0.15, 0.2) is 24.4 Å². The minimum Gasteiger partial charge on any atom is -0.495 e. The summed E-state index contributed by atoms with van der Waals surface area (Å²) in [6.07, 6.45) is 4.32. The van der Waals surface area contributed by atoms with Crippen LogP contribution in [0.2, 0.25) is 5.02 Å². The molecule has 0 fully saturated rings. The molecule has 112 valence electrons. The second kappa shape index (κ2) is 5.62. The summed E-state index contributed by atoms with van der Waals surface area (Å²) in [4.78, 5) is 0. The van der Waals surface area contributed by atoms with Crippen molar-refractivity contribution in [3.05, 3.63) is 40.7 Å². The van der Waals surface area contributed by atoms with Crippen LogP contribution in [0.3, 0.4) is 0 Å². The van der Waals surface area contributed by atoms with Gasteiger partial charge in [0.25, 0.3) is 0 Å². The number of fused-ring (bicyclic) bond motifs is 1. The molecule has 0 saturated carbocycles. The van der Waals surface area contributed by atoms with Crippen molar-refractivity contribution in [1.82, 2.24) is 4.57 Å². The summed E-state index contributed by atoms with van der Waals surface area (Å²) in [5, 5.41) is 10.6. The highest BCUT2D eigenvalue weighted by Gasteiger charge is 2.23. The van der Waals surface area contributed by atoms with E-state index in [9.17, 15) is 5.11 Å². The molecule has 1 aromatic carbocycles. The minimum absolute atomic E-state index is 0.379. The number of aliphatic hydroxyl groups is 1. The monoisotopic (exact) mass is 307 g/mol. The largest absolute Gasteiger partial charge is 0.495 e. The van der Waals surface area contributed by atoms with Gasteiger partial charge < -0.3 is 19.1 Å². The van der Waals surface area contributed by atoms with Gasteiger partial charge in [0.15, 0.2) is 0 Å². The van der Waals surface area contributed by atoms with Crippen molar-refractivity contribution in [2.75, 3.05) is 14.2 Å². The molecular formula is C16H18ClNO3. The van der Waals surface area contributed by atoms with Crippen LogP contribution in [-0.2, 0) is 6.42 Å². The summed E-state index contributed by atoms with van der Waals surface area (Å²) < 4.78 is 12.8. The topological polar surface area (TPSA) is 43.6 Å². The molecule has 0 radical (unpaired) electrons. The van der Waals surface area contributed by atoms with E-state index in [0.717, 1.165) is 36.2 Å². The van der Waals surface area contributed by atoms with Gasteiger partial charge in [0.05, 0.1) is 31.0 Å². The summed E-state index contributed by atoms with van der Waals surface area (Å²) in [6.45, 7) is 0. The highest BCUT2D eigenvalue weighted by Crippen LogP contribution is 2.38. The zero-order valence-electron chi connectivity index (χ0n) is 12.1. The maximum atomic E-state index is 10.1. The third-order valence-corrected chi connectivity index (χ3v) is 4.29. The van der Waals surface area contributed by atoms with E-state index in [2.05, 4.69) is 4.57 Å². The summed E-state index contributed by atoms with van der Waals surface area (Å²) in [6, 6.07) is 5.59. The minimum atomic E-state index is -0.379. The predicted octanol–water partition coefficient (Wildman–Crippen LogP) is 3.52. The lowest BCUT2D eigenvalue weighted by Crippen LogP contribution is -2.11. The molecule has 1 atom stereocenters. The van der Waals surface area contributed by atoms with Crippen molar-refractivity contribution in [3.63, 3.8) is 0 Å². The first kappa shape index (κ1) is 14.3. The molecule has 0 amide bonds. The molecule has 1 aromatic heterocycles. The Bertz CT molecular complexity index is 666. The van der Waals surface area contributed by atoms with Crippen molar-refractivity contribution >= 4 is 11.6 Å². The third kappa shape index (κ3) is 2.39. The average Bonchev–Trinajstić information content (AvgIpc) is 2.92. The second-order valence-electron chi connectivity index (χ2n) is 5.15. The van der Waals surface area contributed by atoms with Gasteiger partial charge >= 0.3 is 0 Å². The van der Waals surface area contributed by atoms with Gasteiger partial charge in [0.2, 0.25) is 0 Å². The maximum absolute atomic E-state index is 10.1. The molecule has 1 aliphatic rings. The predicted molar refractivity (Wildman–Crippen MR) is 81.8 cm³/mol. The van der Waals surface area contributed by atoms with Gasteiger partial charge in [0, 0.05) is 29.6 Å². The van der Waals surface area contributed by atoms with Crippen LogP contribution in [0.5, 0.6) is 11.5 Å². The van der Waals surface area contributed by atoms with Crippen molar-refractivity contribution in [3.8, 4) is 17.2 Å². The van der Waals surface area contributed by atoms with E-state index in [0.29, 0.717) is 16.5 Å². The van der Waals surface area contributed by atoms with Crippen LogP contribution in [0, 0.1) is 0 Å². The fourth-order valence-corrected chi connectivity index (χ4v) is 3.16. The van der Waals surface area contributed by atoms with Crippen molar-refractivity contribution in [2.24, 2.45) is 0 Å². The van der Waals surface area contributed by atoms with Crippen LogP contribution >= 0.6 is 11.6 Å². The Morgan fingerprint density at radius 1 is 1.24 bits per heavy atom. The van der Waals surface area contributed by atoms with Crippen molar-refractivity contribution < 1.29 is 14.6 Å². The molecule has 0 spiro atoms. The molecular weight excluding hydrogens is 290 g/mol. The molecule has 1 heterocycles. The van der Waals surface area contributed by atoms with E-state index < -0.39 is 0 Å². The van der Waals surface area contributed by atoms with Gasteiger partial charge in [-0.15, -0.1) is 0 Å². The molecule has 21 heavy (non-hydrogen) atoms. The van der Waals surface area contributed by atoms with Crippen LogP contribution in [0.25, 0.3) is 5.69 Å². The van der Waals surface area contributed by atoms with Gasteiger partial charge in [-0.05, 0) is 25.3 Å². The molecule has 3 rings (SSSR count). The van der Waals surface area contributed by atoms with Gasteiger partial charge in [-0.3, -0.25) is 0 Å². The van der Waals surface area contributed by atoms with Gasteiger partial charge in [-0.2, -0.15) is 0 Å². The van der Waals surface area contributed by atoms with Crippen LogP contribution in [-0.4, -0.2) is 23.9 Å². The van der Waals surface area contributed by atoms with E-state index in [-0.39, 0.29) is 6.10 Å². The van der Waals surface area contributed by atoms with E-state index in [1.807, 2.05) is 18.3 Å². The number of ether oxygens (including phenoxy) is 2. The molecule has 0 saturated heterocycles. The molecule has 1 N–H and O–H groups in total. The SMILES string of the molecule is COc1cc(-n2ccc3c2CCCC3O)c(OC)cc1Cl. The first-order chi connectivity index (χ1) is 10.2. The number of aromatic nitrogens is 1. The van der Waals surface area contributed by atoms with Crippen LogP contribution in [0.1, 0.15) is 30.2 Å². The van der Waals surface area contributed by atoms with E-state index in [1.54, 1.807) is 20.3 Å². The Morgan fingerprint density at radius 2 is 2.00 bits per heavy atom. The zero-order valence-corrected chi connectivity index (χ0v) is 12.9. The smallest absolute Gasteiger partial charge is 0.144 e. The Kier molecular flexibility index (Phi) is 3.83. The Balaban J connectivity index is 2.16. The zero-order chi connectivity index (χ0) is 15.0. The highest BCUT2D eigenvalue weighted by molar-refractivity contribution is 6.32. The normalized spacial score (nSPS) is 17.4. The van der Waals surface area contributed by atoms with E-state index >= 15 is 0 Å². The molecule has 1 aliphatic carbocycles. The first-order valence-corrected chi connectivity index (χ1v) is 7.33. The van der Waals surface area contributed by atoms with Gasteiger partial charge in [-0.25, -0.2) is 0 Å². The lowest BCUT2D eigenvalue weighted by molar-refractivity contribution is 0.156. The lowest BCUT2D eigenvalue weighted by atomic mass is 9.95. The number of hydrogen-bond acceptors (Lipinski definition) is 3. The molecule has 0 aliphatic heterocycles. The molecule has 1 unspecified atom stereocenters. The standard InChI is InChI=1S/C16H18ClNO3/c1-20-15-9-13(16(21-2)8-11(15)17)18-7-6-10-12(18)4-3-5-14(10)19/h6-9,14,19H,3-5H2,1-2H3. The quantitative estimate of drug-likeness (QED) is 0.943. The number of aliphatic hydroxyl groups excluding tert-OH is 1. The Morgan fingerprint density at radius 3 is 2.71 bits per heavy atom. The Hall–Kier alpha value is -1.65. The Labute approximate surface area is 128 Å². The summed E-state index contributed by atoms with van der Waals surface area (Å²) in [5.74, 6) is 1.28. The third-order valence-electron chi connectivity index (χ3n) is 3.99. The number of methoxy groups -OCH3 is 2. The highest BCUT2D eigenvalue weighted by atomic mass is 35.5. The number of nitrogens with zero attached hydrogens (tertiary/aromatic N) is 1. The number of hydrogen-bond donors (Lipinski definition) is 1. The summed E-state index contributed by atoms with van der Waals surface area (Å²) >= 11 is 6.15. The summed E-state index contributed by atoms with van der Waals surface area (Å²) in [7, 11) is 3.21. The fraction of sp³-hybridized carbons (Fsp3) is 0.375. The molecule has 5 heteroatoms. The second-order valence-corrected chi connectivity index (χ2v) is 5.56. The number of benzene rings is 1. The summed E-state index contributed by atoms with van der Waals surface area (Å²) in [5.41, 5.74) is 2.99. The molecule has 0 bridgehead atoms. The van der Waals surface area contributed by atoms with Crippen LogP contribution < -0.4 is 9.47 Å². The van der Waals surface area contributed by atoms with Gasteiger partial charge in [-0.1, -0.05) is 11.6 Å². The molecule has 2 aromatic rings. The molecule has 4 nitrogen and oxygen atoms in total. The van der Waals surface area contributed by atoms with Gasteiger partial charge in [0.1, 0.15) is 11.5 Å². The van der Waals surface area contributed by atoms with Crippen molar-refractivity contribution in [1.29, 1.82) is 0 Å². The van der Waals surface area contributed by atoms with Crippen LogP contribution in [0.4, 0.5) is 0 Å². The fourth-order valence-electron chi connectivity index (χ4n) is 2.92. The number of rotatable bonds is 3. The maximum Gasteiger partial charge on any atom is 0.144 e. The lowest BCUT2D eigenvalue weighted by Gasteiger charge is -2.21. The number of halogens is 1. The van der Waals surface area contributed by atoms with E-state index in [4.69, 9.17) is 21.1 Å². The first-order valence-electron chi connectivity index (χ1n) is 6.95. The van der Waals surface area contributed by atoms with Crippen molar-refractivity contribution in [2.45, 2.75) is 25.4 Å². The average molecular weight is 308 g/mol. The van der Waals surface area contributed by atoms with E-state index in [1.165, 1.54) is 0 Å².